The maximum atomic E-state index is 12.4. The summed E-state index contributed by atoms with van der Waals surface area (Å²) in [5.74, 6) is 1.41. The van der Waals surface area contributed by atoms with Crippen molar-refractivity contribution in [2.24, 2.45) is 0 Å². The Morgan fingerprint density at radius 3 is 2.82 bits per heavy atom. The Hall–Kier alpha value is -2.41. The highest BCUT2D eigenvalue weighted by molar-refractivity contribution is 6.03. The van der Waals surface area contributed by atoms with Crippen molar-refractivity contribution >= 4 is 17.4 Å². The third-order valence-electron chi connectivity index (χ3n) is 3.80. The number of nitrogens with one attached hydrogen (secondary N) is 3. The lowest BCUT2D eigenvalue weighted by Gasteiger charge is -2.21. The predicted molar refractivity (Wildman–Crippen MR) is 83.1 cm³/mol. The van der Waals surface area contributed by atoms with E-state index in [0.29, 0.717) is 17.1 Å². The molecule has 0 radical (unpaired) electrons. The van der Waals surface area contributed by atoms with Crippen LogP contribution in [0.25, 0.3) is 0 Å². The van der Waals surface area contributed by atoms with Gasteiger partial charge in [-0.3, -0.25) is 4.79 Å². The molecule has 3 heterocycles. The van der Waals surface area contributed by atoms with Gasteiger partial charge in [0.15, 0.2) is 12.1 Å². The quantitative estimate of drug-likeness (QED) is 0.798. The highest BCUT2D eigenvalue weighted by Gasteiger charge is 2.25. The topological polar surface area (TPSA) is 92.1 Å². The molecule has 7 heteroatoms. The Morgan fingerprint density at radius 1 is 1.32 bits per heavy atom. The maximum absolute atomic E-state index is 12.4. The van der Waals surface area contributed by atoms with Gasteiger partial charge in [0.25, 0.3) is 5.91 Å². The molecule has 1 fully saturated rings. The molecule has 2 aromatic rings. The predicted octanol–water partition coefficient (Wildman–Crippen LogP) is 1.83. The van der Waals surface area contributed by atoms with Crippen molar-refractivity contribution in [2.45, 2.75) is 18.8 Å². The average Bonchev–Trinajstić information content (AvgIpc) is 3.06. The van der Waals surface area contributed by atoms with E-state index in [0.717, 1.165) is 31.7 Å². The van der Waals surface area contributed by atoms with Crippen molar-refractivity contribution in [3.63, 3.8) is 0 Å². The van der Waals surface area contributed by atoms with E-state index in [4.69, 9.17) is 4.42 Å². The van der Waals surface area contributed by atoms with Crippen molar-refractivity contribution in [3.05, 3.63) is 36.2 Å². The standard InChI is InChI=1S/C15H19N5O2/c1-16-12-3-2-11(8-18-12)20-15(21)13-14(22-9-19-13)10-4-6-17-7-5-10/h2-3,8-10,17H,4-7H2,1H3,(H,16,18)(H,20,21). The lowest BCUT2D eigenvalue weighted by molar-refractivity contribution is 0.102. The molecule has 7 nitrogen and oxygen atoms in total. The highest BCUT2D eigenvalue weighted by Crippen LogP contribution is 2.28. The summed E-state index contributed by atoms with van der Waals surface area (Å²) in [7, 11) is 1.79. The van der Waals surface area contributed by atoms with E-state index in [9.17, 15) is 4.79 Å². The first-order chi connectivity index (χ1) is 10.8. The summed E-state index contributed by atoms with van der Waals surface area (Å²) in [6.07, 6.45) is 4.85. The van der Waals surface area contributed by atoms with Crippen LogP contribution in [0.2, 0.25) is 0 Å². The number of nitrogens with zero attached hydrogens (tertiary/aromatic N) is 2. The third kappa shape index (κ3) is 3.09. The van der Waals surface area contributed by atoms with Gasteiger partial charge in [0.05, 0.1) is 11.9 Å². The van der Waals surface area contributed by atoms with Crippen LogP contribution in [-0.2, 0) is 0 Å². The molecule has 0 saturated carbocycles. The van der Waals surface area contributed by atoms with E-state index in [1.807, 2.05) is 0 Å². The van der Waals surface area contributed by atoms with Gasteiger partial charge in [-0.1, -0.05) is 0 Å². The van der Waals surface area contributed by atoms with Crippen LogP contribution in [-0.4, -0.2) is 36.0 Å². The third-order valence-corrected chi connectivity index (χ3v) is 3.80. The fourth-order valence-corrected chi connectivity index (χ4v) is 2.61. The summed E-state index contributed by atoms with van der Waals surface area (Å²) in [6, 6.07) is 3.59. The minimum Gasteiger partial charge on any atom is -0.447 e. The Bertz CT molecular complexity index is 632. The first kappa shape index (κ1) is 14.5. The van der Waals surface area contributed by atoms with E-state index in [1.54, 1.807) is 25.4 Å². The number of hydrogen-bond donors (Lipinski definition) is 3. The van der Waals surface area contributed by atoms with Crippen molar-refractivity contribution in [2.75, 3.05) is 30.8 Å². The summed E-state index contributed by atoms with van der Waals surface area (Å²) in [4.78, 5) is 20.7. The van der Waals surface area contributed by atoms with Crippen molar-refractivity contribution in [1.29, 1.82) is 0 Å². The zero-order valence-electron chi connectivity index (χ0n) is 12.4. The lowest BCUT2D eigenvalue weighted by atomic mass is 9.94. The van der Waals surface area contributed by atoms with Crippen LogP contribution in [0.4, 0.5) is 11.5 Å². The summed E-state index contributed by atoms with van der Waals surface area (Å²) < 4.78 is 5.47. The van der Waals surface area contributed by atoms with Gasteiger partial charge >= 0.3 is 0 Å². The second kappa shape index (κ2) is 6.57. The van der Waals surface area contributed by atoms with Gasteiger partial charge in [-0.2, -0.15) is 0 Å². The van der Waals surface area contributed by atoms with E-state index < -0.39 is 0 Å². The Kier molecular flexibility index (Phi) is 4.34. The molecule has 0 aliphatic carbocycles. The lowest BCUT2D eigenvalue weighted by Crippen LogP contribution is -2.27. The van der Waals surface area contributed by atoms with Crippen LogP contribution < -0.4 is 16.0 Å². The Morgan fingerprint density at radius 2 is 2.14 bits per heavy atom. The fourth-order valence-electron chi connectivity index (χ4n) is 2.61. The van der Waals surface area contributed by atoms with Gasteiger partial charge in [-0.05, 0) is 38.1 Å². The Balaban J connectivity index is 1.73. The van der Waals surface area contributed by atoms with Crippen molar-refractivity contribution in [1.82, 2.24) is 15.3 Å². The molecule has 0 unspecified atom stereocenters. The Labute approximate surface area is 128 Å². The van der Waals surface area contributed by atoms with Gasteiger partial charge in [-0.25, -0.2) is 9.97 Å². The zero-order valence-corrected chi connectivity index (χ0v) is 12.4. The van der Waals surface area contributed by atoms with Crippen LogP contribution in [0.5, 0.6) is 0 Å². The van der Waals surface area contributed by atoms with Crippen LogP contribution in [0.15, 0.2) is 29.1 Å². The molecule has 0 aromatic carbocycles. The number of pyridine rings is 1. The molecular weight excluding hydrogens is 282 g/mol. The van der Waals surface area contributed by atoms with E-state index in [2.05, 4.69) is 25.9 Å². The van der Waals surface area contributed by atoms with Crippen molar-refractivity contribution < 1.29 is 9.21 Å². The van der Waals surface area contributed by atoms with Gasteiger partial charge in [0.2, 0.25) is 0 Å². The van der Waals surface area contributed by atoms with E-state index in [-0.39, 0.29) is 11.8 Å². The van der Waals surface area contributed by atoms with Crippen LogP contribution in [0.3, 0.4) is 0 Å². The summed E-state index contributed by atoms with van der Waals surface area (Å²) >= 11 is 0. The first-order valence-corrected chi connectivity index (χ1v) is 7.37. The second-order valence-corrected chi connectivity index (χ2v) is 5.23. The maximum Gasteiger partial charge on any atom is 0.277 e. The molecule has 2 aromatic heterocycles. The monoisotopic (exact) mass is 301 g/mol. The van der Waals surface area contributed by atoms with E-state index in [1.165, 1.54) is 6.39 Å². The minimum absolute atomic E-state index is 0.245. The fraction of sp³-hybridized carbons (Fsp3) is 0.400. The minimum atomic E-state index is -0.263. The molecule has 116 valence electrons. The molecule has 0 bridgehead atoms. The van der Waals surface area contributed by atoms with Crippen LogP contribution in [0, 0.1) is 0 Å². The average molecular weight is 301 g/mol. The van der Waals surface area contributed by atoms with Crippen molar-refractivity contribution in [3.8, 4) is 0 Å². The number of rotatable bonds is 4. The SMILES string of the molecule is CNc1ccc(NC(=O)c2ncoc2C2CCNCC2)cn1. The smallest absolute Gasteiger partial charge is 0.277 e. The number of carbonyl (C=O) groups excluding carboxylic acids is 1. The molecule has 3 N–H and O–H groups in total. The number of oxazole rings is 1. The second-order valence-electron chi connectivity index (χ2n) is 5.23. The molecule has 1 amide bonds. The normalized spacial score (nSPS) is 15.5. The number of amides is 1. The van der Waals surface area contributed by atoms with E-state index >= 15 is 0 Å². The number of anilines is 2. The molecule has 0 spiro atoms. The number of carbonyl (C=O) groups is 1. The number of aromatic nitrogens is 2. The number of piperidine rings is 1. The summed E-state index contributed by atoms with van der Waals surface area (Å²) in [6.45, 7) is 1.86. The van der Waals surface area contributed by atoms with Gasteiger partial charge < -0.3 is 20.4 Å². The molecule has 1 aliphatic heterocycles. The van der Waals surface area contributed by atoms with Crippen LogP contribution in [0.1, 0.15) is 35.0 Å². The molecule has 0 atom stereocenters. The van der Waals surface area contributed by atoms with Gasteiger partial charge in [-0.15, -0.1) is 0 Å². The first-order valence-electron chi connectivity index (χ1n) is 7.37. The van der Waals surface area contributed by atoms with Crippen LogP contribution >= 0.6 is 0 Å². The molecule has 1 aliphatic rings. The highest BCUT2D eigenvalue weighted by atomic mass is 16.3. The van der Waals surface area contributed by atoms with Gasteiger partial charge in [0, 0.05) is 13.0 Å². The molecular formula is C15H19N5O2. The zero-order chi connectivity index (χ0) is 15.4. The summed E-state index contributed by atoms with van der Waals surface area (Å²) in [5, 5.41) is 9.04. The summed E-state index contributed by atoms with van der Waals surface area (Å²) in [5.41, 5.74) is 0.993. The number of hydrogen-bond acceptors (Lipinski definition) is 6. The van der Waals surface area contributed by atoms with Gasteiger partial charge in [0.1, 0.15) is 11.6 Å². The molecule has 22 heavy (non-hydrogen) atoms. The largest absolute Gasteiger partial charge is 0.447 e. The molecule has 1 saturated heterocycles. The molecule has 3 rings (SSSR count).